The predicted octanol–water partition coefficient (Wildman–Crippen LogP) is 4.75. The summed E-state index contributed by atoms with van der Waals surface area (Å²) in [4.78, 5) is 2.46. The smallest absolute Gasteiger partial charge is 0.0510 e. The molecule has 1 rings (SSSR count). The first-order chi connectivity index (χ1) is 9.13. The Balaban J connectivity index is 2.91. The number of hydrogen-bond donors (Lipinski definition) is 1. The zero-order chi connectivity index (χ0) is 14.3. The summed E-state index contributed by atoms with van der Waals surface area (Å²) in [5.41, 5.74) is 2.65. The van der Waals surface area contributed by atoms with Crippen molar-refractivity contribution >= 4 is 21.6 Å². The monoisotopic (exact) mass is 326 g/mol. The average Bonchev–Trinajstić information content (AvgIpc) is 2.39. The number of anilines is 1. The Bertz CT molecular complexity index is 373. The molecule has 0 aromatic heterocycles. The van der Waals surface area contributed by atoms with E-state index in [1.54, 1.807) is 0 Å². The van der Waals surface area contributed by atoms with Gasteiger partial charge in [0.25, 0.3) is 0 Å². The number of nitrogens with zero attached hydrogens (tertiary/aromatic N) is 1. The van der Waals surface area contributed by atoms with Crippen LogP contribution in [0, 0.1) is 0 Å². The van der Waals surface area contributed by atoms with Gasteiger partial charge in [-0.25, -0.2) is 0 Å². The quantitative estimate of drug-likeness (QED) is 0.741. The van der Waals surface area contributed by atoms with Crippen LogP contribution in [0.1, 0.15) is 52.1 Å². The van der Waals surface area contributed by atoms with Crippen molar-refractivity contribution in [1.29, 1.82) is 0 Å². The first-order valence-electron chi connectivity index (χ1n) is 7.41. The first kappa shape index (κ1) is 16.5. The normalized spacial score (nSPS) is 12.5. The van der Waals surface area contributed by atoms with Crippen LogP contribution in [0.2, 0.25) is 0 Å². The van der Waals surface area contributed by atoms with Gasteiger partial charge in [0.15, 0.2) is 0 Å². The molecule has 0 amide bonds. The Morgan fingerprint density at radius 2 is 1.79 bits per heavy atom. The number of benzene rings is 1. The van der Waals surface area contributed by atoms with Gasteiger partial charge in [-0.05, 0) is 59.9 Å². The van der Waals surface area contributed by atoms with Crippen molar-refractivity contribution in [1.82, 2.24) is 5.32 Å². The lowest BCUT2D eigenvalue weighted by molar-refractivity contribution is 0.598. The van der Waals surface area contributed by atoms with E-state index in [0.29, 0.717) is 6.04 Å². The van der Waals surface area contributed by atoms with Crippen LogP contribution in [0.5, 0.6) is 0 Å². The van der Waals surface area contributed by atoms with Gasteiger partial charge in [-0.15, -0.1) is 0 Å². The van der Waals surface area contributed by atoms with Crippen molar-refractivity contribution in [3.05, 3.63) is 28.2 Å². The summed E-state index contributed by atoms with van der Waals surface area (Å²) in [6.07, 6.45) is 2.37. The second-order valence-electron chi connectivity index (χ2n) is 4.98. The second kappa shape index (κ2) is 8.60. The van der Waals surface area contributed by atoms with Crippen LogP contribution in [-0.4, -0.2) is 19.6 Å². The predicted molar refractivity (Wildman–Crippen MR) is 89.0 cm³/mol. The van der Waals surface area contributed by atoms with Crippen molar-refractivity contribution in [2.75, 3.05) is 24.5 Å². The lowest BCUT2D eigenvalue weighted by atomic mass is 10.1. The second-order valence-corrected chi connectivity index (χ2v) is 5.83. The first-order valence-corrected chi connectivity index (χ1v) is 8.21. The van der Waals surface area contributed by atoms with Crippen molar-refractivity contribution in [3.8, 4) is 0 Å². The minimum atomic E-state index is 0.404. The Hall–Kier alpha value is -0.540. The molecule has 3 heteroatoms. The Morgan fingerprint density at radius 1 is 1.16 bits per heavy atom. The molecule has 0 aliphatic rings. The van der Waals surface area contributed by atoms with Gasteiger partial charge in [0.2, 0.25) is 0 Å². The molecule has 0 saturated carbocycles. The van der Waals surface area contributed by atoms with E-state index in [4.69, 9.17) is 0 Å². The number of hydrogen-bond acceptors (Lipinski definition) is 2. The standard InChI is InChI=1S/C16H27BrN2/c1-5-10-19(11-6-2)16-9-8-14(12-15(16)17)13(4)18-7-3/h8-9,12-13,18H,5-7,10-11H2,1-4H3. The van der Waals surface area contributed by atoms with Crippen molar-refractivity contribution < 1.29 is 0 Å². The van der Waals surface area contributed by atoms with Gasteiger partial charge in [0.05, 0.1) is 5.69 Å². The average molecular weight is 327 g/mol. The molecule has 108 valence electrons. The molecule has 1 aromatic carbocycles. The summed E-state index contributed by atoms with van der Waals surface area (Å²) in [6.45, 7) is 12.1. The van der Waals surface area contributed by atoms with E-state index in [9.17, 15) is 0 Å². The molecule has 0 aliphatic carbocycles. The van der Waals surface area contributed by atoms with Gasteiger partial charge in [0.1, 0.15) is 0 Å². The topological polar surface area (TPSA) is 15.3 Å². The van der Waals surface area contributed by atoms with Gasteiger partial charge in [-0.2, -0.15) is 0 Å². The summed E-state index contributed by atoms with van der Waals surface area (Å²) < 4.78 is 1.21. The van der Waals surface area contributed by atoms with E-state index >= 15 is 0 Å². The third kappa shape index (κ3) is 4.81. The van der Waals surface area contributed by atoms with Crippen molar-refractivity contribution in [2.45, 2.75) is 46.6 Å². The van der Waals surface area contributed by atoms with E-state index in [0.717, 1.165) is 19.6 Å². The fourth-order valence-electron chi connectivity index (χ4n) is 2.37. The number of nitrogens with one attached hydrogen (secondary N) is 1. The highest BCUT2D eigenvalue weighted by atomic mass is 79.9. The van der Waals surface area contributed by atoms with Crippen LogP contribution in [0.4, 0.5) is 5.69 Å². The van der Waals surface area contributed by atoms with Crippen molar-refractivity contribution in [2.24, 2.45) is 0 Å². The Labute approximate surface area is 126 Å². The maximum absolute atomic E-state index is 3.74. The molecule has 1 aromatic rings. The van der Waals surface area contributed by atoms with Gasteiger partial charge in [-0.3, -0.25) is 0 Å². The fourth-order valence-corrected chi connectivity index (χ4v) is 3.01. The fraction of sp³-hybridized carbons (Fsp3) is 0.625. The highest BCUT2D eigenvalue weighted by Gasteiger charge is 2.11. The van der Waals surface area contributed by atoms with E-state index in [-0.39, 0.29) is 0 Å². The molecule has 19 heavy (non-hydrogen) atoms. The Kier molecular flexibility index (Phi) is 7.47. The van der Waals surface area contributed by atoms with Crippen LogP contribution < -0.4 is 10.2 Å². The molecule has 0 heterocycles. The molecule has 0 bridgehead atoms. The molecule has 1 atom stereocenters. The largest absolute Gasteiger partial charge is 0.371 e. The number of halogens is 1. The summed E-state index contributed by atoms with van der Waals surface area (Å²) >= 11 is 3.74. The minimum absolute atomic E-state index is 0.404. The maximum atomic E-state index is 3.74. The summed E-state index contributed by atoms with van der Waals surface area (Å²) in [7, 11) is 0. The van der Waals surface area contributed by atoms with E-state index < -0.39 is 0 Å². The molecule has 1 N–H and O–H groups in total. The van der Waals surface area contributed by atoms with Crippen LogP contribution in [0.15, 0.2) is 22.7 Å². The van der Waals surface area contributed by atoms with Gasteiger partial charge in [0, 0.05) is 23.6 Å². The highest BCUT2D eigenvalue weighted by molar-refractivity contribution is 9.10. The summed E-state index contributed by atoms with van der Waals surface area (Å²) in [5, 5.41) is 3.45. The third-order valence-corrected chi connectivity index (χ3v) is 3.94. The van der Waals surface area contributed by atoms with Crippen LogP contribution >= 0.6 is 15.9 Å². The molecular weight excluding hydrogens is 300 g/mol. The molecule has 0 spiro atoms. The maximum Gasteiger partial charge on any atom is 0.0510 e. The van der Waals surface area contributed by atoms with E-state index in [2.05, 4.69) is 72.0 Å². The van der Waals surface area contributed by atoms with Crippen LogP contribution in [0.3, 0.4) is 0 Å². The highest BCUT2D eigenvalue weighted by Crippen LogP contribution is 2.29. The molecule has 1 unspecified atom stereocenters. The SMILES string of the molecule is CCCN(CCC)c1ccc(C(C)NCC)cc1Br. The lowest BCUT2D eigenvalue weighted by Gasteiger charge is -2.26. The van der Waals surface area contributed by atoms with Gasteiger partial charge >= 0.3 is 0 Å². The molecular formula is C16H27BrN2. The summed E-state index contributed by atoms with van der Waals surface area (Å²) in [6, 6.07) is 7.15. The summed E-state index contributed by atoms with van der Waals surface area (Å²) in [5.74, 6) is 0. The van der Waals surface area contributed by atoms with Crippen LogP contribution in [-0.2, 0) is 0 Å². The van der Waals surface area contributed by atoms with Gasteiger partial charge < -0.3 is 10.2 Å². The third-order valence-electron chi connectivity index (χ3n) is 3.31. The molecule has 0 fully saturated rings. The van der Waals surface area contributed by atoms with Crippen LogP contribution in [0.25, 0.3) is 0 Å². The zero-order valence-electron chi connectivity index (χ0n) is 12.7. The number of rotatable bonds is 8. The minimum Gasteiger partial charge on any atom is -0.371 e. The van der Waals surface area contributed by atoms with E-state index in [1.165, 1.54) is 28.6 Å². The molecule has 2 nitrogen and oxygen atoms in total. The van der Waals surface area contributed by atoms with E-state index in [1.807, 2.05) is 0 Å². The molecule has 0 aliphatic heterocycles. The molecule has 0 saturated heterocycles. The Morgan fingerprint density at radius 3 is 2.26 bits per heavy atom. The zero-order valence-corrected chi connectivity index (χ0v) is 14.3. The van der Waals surface area contributed by atoms with Crippen molar-refractivity contribution in [3.63, 3.8) is 0 Å². The van der Waals surface area contributed by atoms with Gasteiger partial charge in [-0.1, -0.05) is 26.8 Å². The molecule has 0 radical (unpaired) electrons. The lowest BCUT2D eigenvalue weighted by Crippen LogP contribution is -2.25.